The maximum atomic E-state index is 6.01. The van der Waals surface area contributed by atoms with Gasteiger partial charge >= 0.3 is 0 Å². The molecule has 1 aromatic heterocycles. The monoisotopic (exact) mass is 228 g/mol. The quantitative estimate of drug-likeness (QED) is 0.775. The lowest BCUT2D eigenvalue weighted by Gasteiger charge is -2.32. The summed E-state index contributed by atoms with van der Waals surface area (Å²) in [6, 6.07) is 0. The highest BCUT2D eigenvalue weighted by atomic mass is 35.5. The molecule has 1 aliphatic heterocycles. The van der Waals surface area contributed by atoms with Gasteiger partial charge in [0.2, 0.25) is 5.95 Å². The van der Waals surface area contributed by atoms with E-state index in [-0.39, 0.29) is 12.1 Å². The predicted octanol–water partition coefficient (Wildman–Crippen LogP) is 0.937. The molecule has 1 aromatic rings. The van der Waals surface area contributed by atoms with Crippen LogP contribution in [-0.4, -0.2) is 35.8 Å². The van der Waals surface area contributed by atoms with Crippen LogP contribution in [0.3, 0.4) is 0 Å². The lowest BCUT2D eigenvalue weighted by molar-refractivity contribution is 0.0529. The van der Waals surface area contributed by atoms with Gasteiger partial charge in [-0.05, 0) is 6.92 Å². The van der Waals surface area contributed by atoms with Crippen LogP contribution in [0.1, 0.15) is 6.92 Å². The van der Waals surface area contributed by atoms with Gasteiger partial charge in [0.05, 0.1) is 18.9 Å². The smallest absolute Gasteiger partial charge is 0.222 e. The third-order valence-corrected chi connectivity index (χ3v) is 2.55. The maximum absolute atomic E-state index is 6.01. The third-order valence-electron chi connectivity index (χ3n) is 2.28. The lowest BCUT2D eigenvalue weighted by atomic mass is 10.3. The van der Waals surface area contributed by atoms with E-state index in [1.807, 2.05) is 6.92 Å². The summed E-state index contributed by atoms with van der Waals surface area (Å²) in [5, 5.41) is 0.526. The summed E-state index contributed by atoms with van der Waals surface area (Å²) in [6.07, 6.45) is 1.71. The van der Waals surface area contributed by atoms with E-state index in [0.717, 1.165) is 13.1 Å². The van der Waals surface area contributed by atoms with Crippen LogP contribution >= 0.6 is 11.6 Å². The molecule has 1 atom stereocenters. The molecular weight excluding hydrogens is 216 g/mol. The molecule has 1 unspecified atom stereocenters. The number of aromatic nitrogens is 2. The number of anilines is 2. The van der Waals surface area contributed by atoms with Gasteiger partial charge in [0.1, 0.15) is 5.02 Å². The molecule has 0 aliphatic carbocycles. The van der Waals surface area contributed by atoms with Crippen molar-refractivity contribution in [3.8, 4) is 0 Å². The Morgan fingerprint density at radius 1 is 1.67 bits per heavy atom. The zero-order valence-corrected chi connectivity index (χ0v) is 9.24. The number of halogens is 1. The van der Waals surface area contributed by atoms with Crippen LogP contribution in [0.4, 0.5) is 11.8 Å². The van der Waals surface area contributed by atoms with Crippen LogP contribution < -0.4 is 10.6 Å². The number of hydrogen-bond donors (Lipinski definition) is 1. The summed E-state index contributed by atoms with van der Waals surface area (Å²) in [6.45, 7) is 4.25. The van der Waals surface area contributed by atoms with Gasteiger partial charge in [-0.1, -0.05) is 11.6 Å². The largest absolute Gasteiger partial charge is 0.375 e. The Kier molecular flexibility index (Phi) is 2.93. The molecule has 5 nitrogen and oxygen atoms in total. The molecule has 0 aromatic carbocycles. The molecule has 1 fully saturated rings. The number of nitrogens with zero attached hydrogens (tertiary/aromatic N) is 3. The first kappa shape index (κ1) is 10.4. The summed E-state index contributed by atoms with van der Waals surface area (Å²) in [5.74, 6) is 0.938. The Bertz CT molecular complexity index is 360. The first-order valence-corrected chi connectivity index (χ1v) is 5.19. The summed E-state index contributed by atoms with van der Waals surface area (Å²) in [4.78, 5) is 10.0. The van der Waals surface area contributed by atoms with Gasteiger partial charge < -0.3 is 15.4 Å². The van der Waals surface area contributed by atoms with Crippen LogP contribution in [0, 0.1) is 0 Å². The molecule has 0 saturated carbocycles. The van der Waals surface area contributed by atoms with Gasteiger partial charge in [-0.25, -0.2) is 4.98 Å². The van der Waals surface area contributed by atoms with Crippen LogP contribution in [0.25, 0.3) is 0 Å². The van der Waals surface area contributed by atoms with Crippen molar-refractivity contribution in [3.05, 3.63) is 11.2 Å². The van der Waals surface area contributed by atoms with Crippen molar-refractivity contribution in [1.29, 1.82) is 0 Å². The summed E-state index contributed by atoms with van der Waals surface area (Å²) < 4.78 is 5.44. The van der Waals surface area contributed by atoms with Gasteiger partial charge in [0, 0.05) is 13.1 Å². The minimum atomic E-state index is 0.186. The molecule has 2 heterocycles. The van der Waals surface area contributed by atoms with E-state index in [1.54, 1.807) is 0 Å². The fraction of sp³-hybridized carbons (Fsp3) is 0.556. The highest BCUT2D eigenvalue weighted by Crippen LogP contribution is 2.24. The van der Waals surface area contributed by atoms with Crippen LogP contribution in [-0.2, 0) is 4.74 Å². The molecule has 0 bridgehead atoms. The Balaban J connectivity index is 2.24. The zero-order chi connectivity index (χ0) is 10.8. The Morgan fingerprint density at radius 3 is 3.20 bits per heavy atom. The summed E-state index contributed by atoms with van der Waals surface area (Å²) >= 11 is 6.01. The topological polar surface area (TPSA) is 64.3 Å². The van der Waals surface area contributed by atoms with Crippen LogP contribution in [0.5, 0.6) is 0 Å². The number of rotatable bonds is 1. The number of nitrogens with two attached hydrogens (primary N) is 1. The lowest BCUT2D eigenvalue weighted by Crippen LogP contribution is -2.41. The molecule has 0 radical (unpaired) electrons. The van der Waals surface area contributed by atoms with E-state index < -0.39 is 0 Å². The first-order valence-electron chi connectivity index (χ1n) is 4.81. The average molecular weight is 229 g/mol. The predicted molar refractivity (Wildman–Crippen MR) is 59.1 cm³/mol. The second kappa shape index (κ2) is 4.20. The average Bonchev–Trinajstić information content (AvgIpc) is 2.22. The number of morpholine rings is 1. The number of hydrogen-bond acceptors (Lipinski definition) is 5. The highest BCUT2D eigenvalue weighted by molar-refractivity contribution is 6.32. The van der Waals surface area contributed by atoms with Crippen LogP contribution in [0.2, 0.25) is 5.02 Å². The molecule has 1 saturated heterocycles. The van der Waals surface area contributed by atoms with Crippen molar-refractivity contribution >= 4 is 23.4 Å². The molecule has 1 aliphatic rings. The van der Waals surface area contributed by atoms with E-state index >= 15 is 0 Å². The summed E-state index contributed by atoms with van der Waals surface area (Å²) in [7, 11) is 0. The van der Waals surface area contributed by atoms with Gasteiger partial charge in [-0.2, -0.15) is 4.98 Å². The molecule has 82 valence electrons. The SMILES string of the molecule is CC1CN(c2nc(N)ncc2Cl)CCO1. The molecule has 2 rings (SSSR count). The normalized spacial score (nSPS) is 21.7. The van der Waals surface area contributed by atoms with Crippen molar-refractivity contribution in [2.24, 2.45) is 0 Å². The molecular formula is C9H13ClN4O. The maximum Gasteiger partial charge on any atom is 0.222 e. The second-order valence-electron chi connectivity index (χ2n) is 3.53. The van der Waals surface area contributed by atoms with E-state index in [0.29, 0.717) is 17.4 Å². The second-order valence-corrected chi connectivity index (χ2v) is 3.93. The van der Waals surface area contributed by atoms with E-state index in [9.17, 15) is 0 Å². The first-order chi connectivity index (χ1) is 7.16. The minimum Gasteiger partial charge on any atom is -0.375 e. The molecule has 15 heavy (non-hydrogen) atoms. The van der Waals surface area contributed by atoms with E-state index in [2.05, 4.69) is 14.9 Å². The third kappa shape index (κ3) is 2.30. The van der Waals surface area contributed by atoms with Crippen LogP contribution in [0.15, 0.2) is 6.20 Å². The fourth-order valence-corrected chi connectivity index (χ4v) is 1.81. The minimum absolute atomic E-state index is 0.186. The molecule has 0 spiro atoms. The van der Waals surface area contributed by atoms with Crippen molar-refractivity contribution in [3.63, 3.8) is 0 Å². The Morgan fingerprint density at radius 2 is 2.47 bits per heavy atom. The van der Waals surface area contributed by atoms with Crippen molar-refractivity contribution in [2.45, 2.75) is 13.0 Å². The molecule has 2 N–H and O–H groups in total. The van der Waals surface area contributed by atoms with Crippen molar-refractivity contribution < 1.29 is 4.74 Å². The Hall–Kier alpha value is -1.07. The Labute approximate surface area is 93.2 Å². The van der Waals surface area contributed by atoms with E-state index in [1.165, 1.54) is 6.20 Å². The van der Waals surface area contributed by atoms with Gasteiger partial charge in [-0.3, -0.25) is 0 Å². The van der Waals surface area contributed by atoms with Gasteiger partial charge in [-0.15, -0.1) is 0 Å². The van der Waals surface area contributed by atoms with Gasteiger partial charge in [0.15, 0.2) is 5.82 Å². The van der Waals surface area contributed by atoms with E-state index in [4.69, 9.17) is 22.1 Å². The van der Waals surface area contributed by atoms with Crippen molar-refractivity contribution in [1.82, 2.24) is 9.97 Å². The summed E-state index contributed by atoms with van der Waals surface area (Å²) in [5.41, 5.74) is 5.53. The molecule has 0 amide bonds. The fourth-order valence-electron chi connectivity index (χ4n) is 1.60. The standard InChI is InChI=1S/C9H13ClN4O/c1-6-5-14(2-3-15-6)8-7(10)4-12-9(11)13-8/h4,6H,2-3,5H2,1H3,(H2,11,12,13). The highest BCUT2D eigenvalue weighted by Gasteiger charge is 2.20. The number of nitrogen functional groups attached to an aromatic ring is 1. The zero-order valence-electron chi connectivity index (χ0n) is 8.48. The van der Waals surface area contributed by atoms with Crippen molar-refractivity contribution in [2.75, 3.05) is 30.3 Å². The van der Waals surface area contributed by atoms with Gasteiger partial charge in [0.25, 0.3) is 0 Å². The molecule has 6 heteroatoms. The number of ether oxygens (including phenoxy) is 1.